The number of amides is 2. The van der Waals surface area contributed by atoms with Gasteiger partial charge in [0, 0.05) is 19.9 Å². The van der Waals surface area contributed by atoms with Gasteiger partial charge in [-0.05, 0) is 24.3 Å². The number of nitrogens with zero attached hydrogens (tertiary/aromatic N) is 3. The molecule has 1 aliphatic rings. The highest BCUT2D eigenvalue weighted by Crippen LogP contribution is 2.28. The van der Waals surface area contributed by atoms with Crippen LogP contribution in [-0.2, 0) is 9.59 Å². The third-order valence-electron chi connectivity index (χ3n) is 4.03. The summed E-state index contributed by atoms with van der Waals surface area (Å²) >= 11 is 0. The summed E-state index contributed by atoms with van der Waals surface area (Å²) in [6.45, 7) is 0. The molecule has 25 heavy (non-hydrogen) atoms. The molecule has 1 heterocycles. The number of methoxy groups -OCH3 is 1. The number of rotatable bonds is 4. The Hall–Kier alpha value is -3.15. The molecule has 0 fully saturated rings. The number of hydrogen-bond donors (Lipinski definition) is 0. The van der Waals surface area contributed by atoms with Crippen molar-refractivity contribution in [1.82, 2.24) is 0 Å². The highest BCUT2D eigenvalue weighted by atomic mass is 16.5. The number of anilines is 2. The predicted octanol–water partition coefficient (Wildman–Crippen LogP) is 2.84. The summed E-state index contributed by atoms with van der Waals surface area (Å²) in [4.78, 5) is 26.5. The molecule has 0 atom stereocenters. The van der Waals surface area contributed by atoms with E-state index in [2.05, 4.69) is 5.10 Å². The number of carbonyl (C=O) groups excluding carboxylic acids is 2. The average molecular weight is 337 g/mol. The van der Waals surface area contributed by atoms with E-state index in [1.165, 1.54) is 9.91 Å². The molecule has 6 nitrogen and oxygen atoms in total. The largest absolute Gasteiger partial charge is 0.495 e. The van der Waals surface area contributed by atoms with E-state index in [0.717, 1.165) is 0 Å². The van der Waals surface area contributed by atoms with Crippen LogP contribution in [0.3, 0.4) is 0 Å². The maximum Gasteiger partial charge on any atom is 0.274 e. The summed E-state index contributed by atoms with van der Waals surface area (Å²) in [7, 11) is 3.23. The second-order valence-corrected chi connectivity index (χ2v) is 5.62. The van der Waals surface area contributed by atoms with Crippen LogP contribution in [-0.4, -0.2) is 31.7 Å². The lowest BCUT2D eigenvalue weighted by atomic mass is 10.1. The van der Waals surface area contributed by atoms with E-state index < -0.39 is 0 Å². The van der Waals surface area contributed by atoms with Crippen LogP contribution in [0.15, 0.2) is 59.7 Å². The molecule has 0 aliphatic carbocycles. The Morgan fingerprint density at radius 3 is 2.48 bits per heavy atom. The van der Waals surface area contributed by atoms with Gasteiger partial charge in [-0.1, -0.05) is 30.3 Å². The van der Waals surface area contributed by atoms with Gasteiger partial charge in [0.05, 0.1) is 18.5 Å². The van der Waals surface area contributed by atoms with Gasteiger partial charge in [0.25, 0.3) is 5.91 Å². The van der Waals surface area contributed by atoms with Crippen molar-refractivity contribution in [1.29, 1.82) is 0 Å². The summed E-state index contributed by atoms with van der Waals surface area (Å²) in [5, 5.41) is 5.60. The van der Waals surface area contributed by atoms with E-state index in [4.69, 9.17) is 4.74 Å². The van der Waals surface area contributed by atoms with Crippen LogP contribution in [0.25, 0.3) is 0 Å². The van der Waals surface area contributed by atoms with Crippen molar-refractivity contribution in [3.8, 4) is 5.75 Å². The van der Waals surface area contributed by atoms with Gasteiger partial charge >= 0.3 is 0 Å². The molecule has 0 aromatic heterocycles. The first-order chi connectivity index (χ1) is 12.1. The van der Waals surface area contributed by atoms with E-state index in [1.807, 2.05) is 30.3 Å². The second-order valence-electron chi connectivity index (χ2n) is 5.62. The number of carbonyl (C=O) groups is 2. The maximum atomic E-state index is 12.9. The molecule has 0 saturated carbocycles. The van der Waals surface area contributed by atoms with E-state index in [0.29, 0.717) is 29.3 Å². The standard InChI is InChI=1S/C19H19N3O3/c1-21(16-10-6-7-11-17(16)25-2)19(24)15-12-13-18(23)22(20-15)14-8-4-3-5-9-14/h3-11H,12-13H2,1-2H3. The molecule has 1 aliphatic heterocycles. The van der Waals surface area contributed by atoms with Gasteiger partial charge in [0.15, 0.2) is 0 Å². The number of ether oxygens (including phenoxy) is 1. The Morgan fingerprint density at radius 2 is 1.76 bits per heavy atom. The van der Waals surface area contributed by atoms with Gasteiger partial charge < -0.3 is 9.64 Å². The minimum atomic E-state index is -0.252. The van der Waals surface area contributed by atoms with Crippen LogP contribution in [0, 0.1) is 0 Å². The monoisotopic (exact) mass is 337 g/mol. The van der Waals surface area contributed by atoms with Crippen LogP contribution in [0.1, 0.15) is 12.8 Å². The Morgan fingerprint density at radius 1 is 1.08 bits per heavy atom. The summed E-state index contributed by atoms with van der Waals surface area (Å²) in [6, 6.07) is 16.4. The third kappa shape index (κ3) is 3.38. The molecule has 0 N–H and O–H groups in total. The maximum absolute atomic E-state index is 12.9. The number of hydrazone groups is 1. The minimum Gasteiger partial charge on any atom is -0.495 e. The first-order valence-corrected chi connectivity index (χ1v) is 7.98. The van der Waals surface area contributed by atoms with Gasteiger partial charge in [-0.2, -0.15) is 5.10 Å². The second kappa shape index (κ2) is 7.17. The summed E-state index contributed by atoms with van der Waals surface area (Å²) in [5.41, 5.74) is 1.65. The zero-order valence-corrected chi connectivity index (χ0v) is 14.2. The molecule has 0 bridgehead atoms. The lowest BCUT2D eigenvalue weighted by Crippen LogP contribution is -2.40. The van der Waals surface area contributed by atoms with Crippen LogP contribution < -0.4 is 14.6 Å². The van der Waals surface area contributed by atoms with Crippen molar-refractivity contribution in [2.45, 2.75) is 12.8 Å². The molecular formula is C19H19N3O3. The zero-order valence-electron chi connectivity index (χ0n) is 14.2. The van der Waals surface area contributed by atoms with Crippen LogP contribution in [0.5, 0.6) is 5.75 Å². The van der Waals surface area contributed by atoms with Crippen molar-refractivity contribution < 1.29 is 14.3 Å². The highest BCUT2D eigenvalue weighted by Gasteiger charge is 2.28. The third-order valence-corrected chi connectivity index (χ3v) is 4.03. The quantitative estimate of drug-likeness (QED) is 0.862. The molecule has 128 valence electrons. The van der Waals surface area contributed by atoms with E-state index in [-0.39, 0.29) is 18.2 Å². The minimum absolute atomic E-state index is 0.123. The fourth-order valence-electron chi connectivity index (χ4n) is 2.69. The van der Waals surface area contributed by atoms with Crippen molar-refractivity contribution >= 4 is 28.9 Å². The fraction of sp³-hybridized carbons (Fsp3) is 0.211. The van der Waals surface area contributed by atoms with Crippen molar-refractivity contribution in [3.63, 3.8) is 0 Å². The summed E-state index contributed by atoms with van der Waals surface area (Å²) in [6.07, 6.45) is 0.569. The normalized spacial score (nSPS) is 14.1. The SMILES string of the molecule is COc1ccccc1N(C)C(=O)C1=NN(c2ccccc2)C(=O)CC1. The average Bonchev–Trinajstić information content (AvgIpc) is 2.68. The number of benzene rings is 2. The summed E-state index contributed by atoms with van der Waals surface area (Å²) in [5.74, 6) is 0.228. The molecule has 0 radical (unpaired) electrons. The fourth-order valence-corrected chi connectivity index (χ4v) is 2.69. The highest BCUT2D eigenvalue weighted by molar-refractivity contribution is 6.44. The van der Waals surface area contributed by atoms with Crippen molar-refractivity contribution in [3.05, 3.63) is 54.6 Å². The number of para-hydroxylation sites is 3. The number of hydrogen-bond acceptors (Lipinski definition) is 4. The molecule has 0 spiro atoms. The van der Waals surface area contributed by atoms with Crippen LogP contribution in [0.2, 0.25) is 0 Å². The van der Waals surface area contributed by atoms with Gasteiger partial charge in [-0.15, -0.1) is 0 Å². The lowest BCUT2D eigenvalue weighted by Gasteiger charge is -2.26. The van der Waals surface area contributed by atoms with E-state index >= 15 is 0 Å². The van der Waals surface area contributed by atoms with Crippen molar-refractivity contribution in [2.75, 3.05) is 24.1 Å². The Kier molecular flexibility index (Phi) is 4.79. The van der Waals surface area contributed by atoms with Crippen molar-refractivity contribution in [2.24, 2.45) is 5.10 Å². The molecule has 2 amide bonds. The molecule has 0 saturated heterocycles. The Labute approximate surface area is 146 Å². The van der Waals surface area contributed by atoms with Gasteiger partial charge in [0.2, 0.25) is 5.91 Å². The molecule has 3 rings (SSSR count). The van der Waals surface area contributed by atoms with Crippen LogP contribution >= 0.6 is 0 Å². The summed E-state index contributed by atoms with van der Waals surface area (Å²) < 4.78 is 5.31. The Bertz CT molecular complexity index is 818. The lowest BCUT2D eigenvalue weighted by molar-refractivity contribution is -0.118. The first kappa shape index (κ1) is 16.7. The zero-order chi connectivity index (χ0) is 17.8. The molecule has 2 aromatic carbocycles. The Balaban J connectivity index is 1.90. The molecular weight excluding hydrogens is 318 g/mol. The smallest absolute Gasteiger partial charge is 0.274 e. The molecule has 0 unspecified atom stereocenters. The van der Waals surface area contributed by atoms with Crippen LogP contribution in [0.4, 0.5) is 11.4 Å². The first-order valence-electron chi connectivity index (χ1n) is 7.98. The van der Waals surface area contributed by atoms with E-state index in [1.54, 1.807) is 38.4 Å². The van der Waals surface area contributed by atoms with Gasteiger partial charge in [-0.3, -0.25) is 9.59 Å². The predicted molar refractivity (Wildman–Crippen MR) is 97.0 cm³/mol. The van der Waals surface area contributed by atoms with Gasteiger partial charge in [-0.25, -0.2) is 5.01 Å². The van der Waals surface area contributed by atoms with Gasteiger partial charge in [0.1, 0.15) is 11.5 Å². The molecule has 2 aromatic rings. The molecule has 6 heteroatoms. The van der Waals surface area contributed by atoms with E-state index in [9.17, 15) is 9.59 Å². The topological polar surface area (TPSA) is 62.2 Å².